The van der Waals surface area contributed by atoms with E-state index in [1.165, 1.54) is 12.1 Å². The summed E-state index contributed by atoms with van der Waals surface area (Å²) in [6.07, 6.45) is 1.94. The standard InChI is InChI=1S/C52H54N4O6SSi/c1-35-21-25-40(26-22-35)63(59,60)56-47-32-39-33-53-45-31-37(23-27-43(39)45)44-30-38(24-28-49(44)61-5)48(55-50(57)46(54-51(47)58)29-36-15-9-6-10-16-36)34-62-64(52(2,3)4,41-17-11-7-12-18-41)42-19-13-8-14-20-42/h6-28,30-31,33,46-48,53,56H,29,32,34H2,1-5H3,(H,54,58)(H,55,57)/t46-,47-,48+/m1/s1. The van der Waals surface area contributed by atoms with Gasteiger partial charge < -0.3 is 24.8 Å². The summed E-state index contributed by atoms with van der Waals surface area (Å²) < 4.78 is 44.1. The number of rotatable bonds is 11. The van der Waals surface area contributed by atoms with Gasteiger partial charge in [0, 0.05) is 29.1 Å². The van der Waals surface area contributed by atoms with Gasteiger partial charge in [-0.25, -0.2) is 8.42 Å². The van der Waals surface area contributed by atoms with Crippen molar-refractivity contribution >= 4 is 51.4 Å². The predicted molar refractivity (Wildman–Crippen MR) is 256 cm³/mol. The predicted octanol–water partition coefficient (Wildman–Crippen LogP) is 7.52. The number of fused-ring (bicyclic) bond motifs is 8. The molecule has 9 rings (SSSR count). The van der Waals surface area contributed by atoms with Crippen LogP contribution in [0.25, 0.3) is 22.0 Å². The minimum absolute atomic E-state index is 0.00368. The van der Waals surface area contributed by atoms with Crippen molar-refractivity contribution in [3.8, 4) is 16.9 Å². The number of ether oxygens (including phenoxy) is 1. The fraction of sp³-hybridized carbons (Fsp3) is 0.231. The van der Waals surface area contributed by atoms with Gasteiger partial charge in [0.25, 0.3) is 8.32 Å². The average molecular weight is 891 g/mol. The van der Waals surface area contributed by atoms with Crippen LogP contribution in [0.3, 0.4) is 0 Å². The van der Waals surface area contributed by atoms with Crippen LogP contribution in [0.2, 0.25) is 5.04 Å². The second kappa shape index (κ2) is 18.4. The molecular formula is C52H54N4O6SSi. The lowest BCUT2D eigenvalue weighted by Gasteiger charge is -2.44. The van der Waals surface area contributed by atoms with E-state index in [1.807, 2.05) is 110 Å². The lowest BCUT2D eigenvalue weighted by atomic mass is 9.96. The maximum atomic E-state index is 15.1. The quantitative estimate of drug-likeness (QED) is 0.0993. The summed E-state index contributed by atoms with van der Waals surface area (Å²) in [7, 11) is -5.65. The number of aryl methyl sites for hydroxylation is 1. The fourth-order valence-electron chi connectivity index (χ4n) is 8.87. The number of methoxy groups -OCH3 is 1. The highest BCUT2D eigenvalue weighted by Crippen LogP contribution is 2.39. The molecule has 6 bridgehead atoms. The van der Waals surface area contributed by atoms with E-state index >= 15 is 4.79 Å². The third kappa shape index (κ3) is 9.18. The number of H-pyrrole nitrogens is 1. The summed E-state index contributed by atoms with van der Waals surface area (Å²) in [4.78, 5) is 33.2. The third-order valence-corrected chi connectivity index (χ3v) is 18.7. The first kappa shape index (κ1) is 44.3. The summed E-state index contributed by atoms with van der Waals surface area (Å²) in [6.45, 7) is 8.59. The first-order chi connectivity index (χ1) is 30.8. The Kier molecular flexibility index (Phi) is 12.8. The second-order valence-corrected chi connectivity index (χ2v) is 23.5. The molecule has 0 unspecified atom stereocenters. The van der Waals surface area contributed by atoms with Gasteiger partial charge in [-0.2, -0.15) is 4.72 Å². The molecule has 0 saturated heterocycles. The normalized spacial score (nSPS) is 17.3. The van der Waals surface area contributed by atoms with E-state index < -0.39 is 48.3 Å². The third-order valence-electron chi connectivity index (χ3n) is 12.2. The Hall–Kier alpha value is -6.31. The molecule has 0 fully saturated rings. The summed E-state index contributed by atoms with van der Waals surface area (Å²) in [5.41, 5.74) is 5.69. The van der Waals surface area contributed by atoms with E-state index in [4.69, 9.17) is 9.16 Å². The maximum absolute atomic E-state index is 15.1. The first-order valence-corrected chi connectivity index (χ1v) is 24.9. The summed E-state index contributed by atoms with van der Waals surface area (Å²) in [5, 5.41) is 8.99. The molecule has 2 aliphatic heterocycles. The largest absolute Gasteiger partial charge is 0.496 e. The lowest BCUT2D eigenvalue weighted by Crippen LogP contribution is -2.67. The van der Waals surface area contributed by atoms with Crippen LogP contribution in [-0.2, 0) is 36.9 Å². The van der Waals surface area contributed by atoms with Gasteiger partial charge >= 0.3 is 0 Å². The van der Waals surface area contributed by atoms with E-state index in [2.05, 4.69) is 65.4 Å². The molecule has 0 saturated carbocycles. The van der Waals surface area contributed by atoms with Crippen LogP contribution < -0.4 is 30.5 Å². The minimum atomic E-state index is -4.18. The average Bonchev–Trinajstić information content (AvgIpc) is 3.70. The van der Waals surface area contributed by atoms with Crippen molar-refractivity contribution in [1.82, 2.24) is 20.3 Å². The Labute approximate surface area is 376 Å². The number of carbonyl (C=O) groups is 2. The number of benzene rings is 6. The van der Waals surface area contributed by atoms with Crippen molar-refractivity contribution in [3.05, 3.63) is 180 Å². The molecule has 12 heteroatoms. The molecule has 7 aromatic rings. The Balaban J connectivity index is 1.27. The minimum Gasteiger partial charge on any atom is -0.496 e. The topological polar surface area (TPSA) is 139 Å². The number of aromatic nitrogens is 1. The molecular weight excluding hydrogens is 837 g/mol. The Morgan fingerprint density at radius 3 is 1.98 bits per heavy atom. The van der Waals surface area contributed by atoms with Crippen LogP contribution in [0.15, 0.2) is 163 Å². The van der Waals surface area contributed by atoms with Gasteiger partial charge in [0.2, 0.25) is 21.8 Å². The molecule has 2 amide bonds. The fourth-order valence-corrected chi connectivity index (χ4v) is 14.6. The van der Waals surface area contributed by atoms with Crippen molar-refractivity contribution in [2.45, 2.75) is 68.6 Å². The van der Waals surface area contributed by atoms with Gasteiger partial charge in [0.05, 0.1) is 24.7 Å². The van der Waals surface area contributed by atoms with Crippen molar-refractivity contribution in [3.63, 3.8) is 0 Å². The van der Waals surface area contributed by atoms with Gasteiger partial charge in [-0.05, 0) is 81.3 Å². The lowest BCUT2D eigenvalue weighted by molar-refractivity contribution is -0.130. The number of sulfonamides is 1. The summed E-state index contributed by atoms with van der Waals surface area (Å²) in [5.74, 6) is -0.448. The van der Waals surface area contributed by atoms with Gasteiger partial charge in [-0.1, -0.05) is 148 Å². The van der Waals surface area contributed by atoms with Gasteiger partial charge in [-0.15, -0.1) is 0 Å². The zero-order chi connectivity index (χ0) is 45.1. The zero-order valence-corrected chi connectivity index (χ0v) is 38.5. The number of hydrogen-bond acceptors (Lipinski definition) is 6. The number of amides is 2. The molecule has 4 N–H and O–H groups in total. The van der Waals surface area contributed by atoms with Gasteiger partial charge in [-0.3, -0.25) is 9.59 Å². The molecule has 328 valence electrons. The molecule has 10 nitrogen and oxygen atoms in total. The Morgan fingerprint density at radius 1 is 0.734 bits per heavy atom. The molecule has 3 heterocycles. The Morgan fingerprint density at radius 2 is 1.36 bits per heavy atom. The summed E-state index contributed by atoms with van der Waals surface area (Å²) in [6, 6.07) is 45.3. The Bertz CT molecular complexity index is 2830. The van der Waals surface area contributed by atoms with E-state index in [9.17, 15) is 13.2 Å². The van der Waals surface area contributed by atoms with Crippen LogP contribution in [0.5, 0.6) is 5.75 Å². The van der Waals surface area contributed by atoms with Crippen LogP contribution in [-0.4, -0.2) is 59.3 Å². The number of carbonyl (C=O) groups excluding carboxylic acids is 2. The van der Waals surface area contributed by atoms with E-state index in [1.54, 1.807) is 25.4 Å². The van der Waals surface area contributed by atoms with Crippen molar-refractivity contribution in [1.29, 1.82) is 0 Å². The molecule has 2 aliphatic rings. The van der Waals surface area contributed by atoms with Crippen molar-refractivity contribution in [2.24, 2.45) is 0 Å². The van der Waals surface area contributed by atoms with E-state index in [0.717, 1.165) is 54.7 Å². The molecule has 3 atom stereocenters. The molecule has 1 aromatic heterocycles. The SMILES string of the molecule is COc1ccc2cc1-c1ccc3c(c[nH]c3c1)C[C@@H](NS(=O)(=O)c1ccc(C)cc1)C(=O)N[C@H](Cc1ccccc1)C(=O)N[C@H]2CO[Si](c1ccccc1)(c1ccccc1)C(C)(C)C. The van der Waals surface area contributed by atoms with Crippen LogP contribution in [0.4, 0.5) is 0 Å². The molecule has 0 spiro atoms. The van der Waals surface area contributed by atoms with E-state index in [0.29, 0.717) is 5.75 Å². The number of nitrogens with one attached hydrogen (secondary N) is 4. The van der Waals surface area contributed by atoms with Crippen LogP contribution >= 0.6 is 0 Å². The monoisotopic (exact) mass is 890 g/mol. The first-order valence-electron chi connectivity index (χ1n) is 21.5. The maximum Gasteiger partial charge on any atom is 0.261 e. The number of hydrogen-bond donors (Lipinski definition) is 4. The van der Waals surface area contributed by atoms with Crippen LogP contribution in [0.1, 0.15) is 49.1 Å². The molecule has 6 aromatic carbocycles. The van der Waals surface area contributed by atoms with Gasteiger partial charge in [0.15, 0.2) is 0 Å². The number of aromatic amines is 1. The smallest absolute Gasteiger partial charge is 0.261 e. The highest BCUT2D eigenvalue weighted by molar-refractivity contribution is 7.89. The molecule has 0 radical (unpaired) electrons. The highest BCUT2D eigenvalue weighted by atomic mass is 32.2. The highest BCUT2D eigenvalue weighted by Gasteiger charge is 2.50. The second-order valence-electron chi connectivity index (χ2n) is 17.5. The molecule has 64 heavy (non-hydrogen) atoms. The summed E-state index contributed by atoms with van der Waals surface area (Å²) >= 11 is 0. The van der Waals surface area contributed by atoms with Crippen molar-refractivity contribution < 1.29 is 27.2 Å². The zero-order valence-electron chi connectivity index (χ0n) is 36.7. The van der Waals surface area contributed by atoms with Crippen molar-refractivity contribution in [2.75, 3.05) is 13.7 Å². The van der Waals surface area contributed by atoms with Crippen LogP contribution in [0, 0.1) is 6.92 Å². The van der Waals surface area contributed by atoms with Gasteiger partial charge in [0.1, 0.15) is 17.8 Å². The molecule has 0 aliphatic carbocycles. The van der Waals surface area contributed by atoms with E-state index in [-0.39, 0.29) is 29.4 Å².